The Morgan fingerprint density at radius 3 is 2.36 bits per heavy atom. The molecule has 0 aliphatic heterocycles. The quantitative estimate of drug-likeness (QED) is 0.816. The number of alkyl halides is 3. The van der Waals surface area contributed by atoms with Crippen LogP contribution in [0.15, 0.2) is 6.07 Å². The summed E-state index contributed by atoms with van der Waals surface area (Å²) in [5, 5.41) is 9.34. The number of aryl methyl sites for hydroxylation is 2. The first kappa shape index (κ1) is 11.5. The average Bonchev–Trinajstić information content (AvgIpc) is 2.26. The van der Waals surface area contributed by atoms with Gasteiger partial charge in [-0.1, -0.05) is 0 Å². The molecule has 1 unspecified atom stereocenters. The molecular weight excluding hydrogens is 213 g/mol. The standard InChI is InChI=1S/C9H11F3OS/c1-5-3-7(6(2)14-5)8(13)4-9(10,11)12/h3,8,13H,4H2,1-2H3. The summed E-state index contributed by atoms with van der Waals surface area (Å²) in [6.07, 6.45) is -6.92. The topological polar surface area (TPSA) is 20.2 Å². The summed E-state index contributed by atoms with van der Waals surface area (Å²) in [4.78, 5) is 1.66. The Balaban J connectivity index is 2.79. The zero-order chi connectivity index (χ0) is 10.9. The van der Waals surface area contributed by atoms with E-state index in [0.29, 0.717) is 5.56 Å². The maximum Gasteiger partial charge on any atom is 0.391 e. The fourth-order valence-corrected chi connectivity index (χ4v) is 2.29. The van der Waals surface area contributed by atoms with Gasteiger partial charge >= 0.3 is 6.18 Å². The van der Waals surface area contributed by atoms with E-state index in [1.54, 1.807) is 13.0 Å². The second-order valence-corrected chi connectivity index (χ2v) is 4.66. The Kier molecular flexibility index (Phi) is 3.21. The van der Waals surface area contributed by atoms with Gasteiger partial charge in [0.15, 0.2) is 0 Å². The molecule has 14 heavy (non-hydrogen) atoms. The minimum Gasteiger partial charge on any atom is -0.388 e. The fourth-order valence-electron chi connectivity index (χ4n) is 1.31. The lowest BCUT2D eigenvalue weighted by atomic mass is 10.1. The van der Waals surface area contributed by atoms with E-state index in [-0.39, 0.29) is 0 Å². The average molecular weight is 224 g/mol. The molecule has 1 atom stereocenters. The Morgan fingerprint density at radius 1 is 1.43 bits per heavy atom. The van der Waals surface area contributed by atoms with Crippen molar-refractivity contribution in [2.45, 2.75) is 32.5 Å². The minimum absolute atomic E-state index is 0.393. The highest BCUT2D eigenvalue weighted by molar-refractivity contribution is 7.12. The lowest BCUT2D eigenvalue weighted by molar-refractivity contribution is -0.154. The molecule has 0 spiro atoms. The molecule has 1 nitrogen and oxygen atoms in total. The molecule has 0 fully saturated rings. The number of aliphatic hydroxyl groups excluding tert-OH is 1. The van der Waals surface area contributed by atoms with E-state index in [4.69, 9.17) is 0 Å². The molecule has 5 heteroatoms. The van der Waals surface area contributed by atoms with E-state index in [9.17, 15) is 18.3 Å². The highest BCUT2D eigenvalue weighted by Crippen LogP contribution is 2.33. The molecule has 0 saturated heterocycles. The van der Waals surface area contributed by atoms with E-state index in [2.05, 4.69) is 0 Å². The maximum atomic E-state index is 12.0. The molecule has 0 amide bonds. The zero-order valence-electron chi connectivity index (χ0n) is 7.85. The van der Waals surface area contributed by atoms with Crippen LogP contribution in [0.1, 0.15) is 27.8 Å². The van der Waals surface area contributed by atoms with Crippen molar-refractivity contribution >= 4 is 11.3 Å². The molecule has 1 N–H and O–H groups in total. The molecular formula is C9H11F3OS. The Hall–Kier alpha value is -0.550. The van der Waals surface area contributed by atoms with Crippen LogP contribution in [0, 0.1) is 13.8 Å². The molecule has 0 aliphatic carbocycles. The van der Waals surface area contributed by atoms with Crippen molar-refractivity contribution < 1.29 is 18.3 Å². The number of hydrogen-bond donors (Lipinski definition) is 1. The van der Waals surface area contributed by atoms with Gasteiger partial charge in [-0.15, -0.1) is 11.3 Å². The van der Waals surface area contributed by atoms with E-state index in [0.717, 1.165) is 9.75 Å². The number of rotatable bonds is 2. The summed E-state index contributed by atoms with van der Waals surface area (Å²) < 4.78 is 35.9. The van der Waals surface area contributed by atoms with Crippen molar-refractivity contribution in [3.63, 3.8) is 0 Å². The number of halogens is 3. The van der Waals surface area contributed by atoms with E-state index < -0.39 is 18.7 Å². The van der Waals surface area contributed by atoms with Crippen LogP contribution >= 0.6 is 11.3 Å². The molecule has 1 aromatic heterocycles. The smallest absolute Gasteiger partial charge is 0.388 e. The van der Waals surface area contributed by atoms with Crippen molar-refractivity contribution in [2.24, 2.45) is 0 Å². The molecule has 0 bridgehead atoms. The lowest BCUT2D eigenvalue weighted by Crippen LogP contribution is -2.13. The lowest BCUT2D eigenvalue weighted by Gasteiger charge is -2.12. The van der Waals surface area contributed by atoms with Crippen LogP contribution in [0.4, 0.5) is 13.2 Å². The summed E-state index contributed by atoms with van der Waals surface area (Å²) in [6, 6.07) is 1.61. The van der Waals surface area contributed by atoms with Crippen LogP contribution in [-0.2, 0) is 0 Å². The van der Waals surface area contributed by atoms with E-state index in [1.165, 1.54) is 11.3 Å². The zero-order valence-corrected chi connectivity index (χ0v) is 8.67. The monoisotopic (exact) mass is 224 g/mol. The third kappa shape index (κ3) is 2.99. The Labute approximate surface area is 84.2 Å². The van der Waals surface area contributed by atoms with Gasteiger partial charge in [0.05, 0.1) is 12.5 Å². The SMILES string of the molecule is Cc1cc(C(O)CC(F)(F)F)c(C)s1. The van der Waals surface area contributed by atoms with Crippen molar-refractivity contribution in [1.29, 1.82) is 0 Å². The van der Waals surface area contributed by atoms with Crippen LogP contribution in [0.25, 0.3) is 0 Å². The largest absolute Gasteiger partial charge is 0.391 e. The molecule has 0 saturated carbocycles. The first-order valence-electron chi connectivity index (χ1n) is 4.11. The van der Waals surface area contributed by atoms with Gasteiger partial charge in [-0.05, 0) is 25.5 Å². The Morgan fingerprint density at radius 2 is 2.00 bits per heavy atom. The second kappa shape index (κ2) is 3.90. The molecule has 1 heterocycles. The maximum absolute atomic E-state index is 12.0. The van der Waals surface area contributed by atoms with Gasteiger partial charge in [0.1, 0.15) is 0 Å². The fraction of sp³-hybridized carbons (Fsp3) is 0.556. The summed E-state index contributed by atoms with van der Waals surface area (Å²) in [7, 11) is 0. The van der Waals surface area contributed by atoms with Crippen LogP contribution in [-0.4, -0.2) is 11.3 Å². The highest BCUT2D eigenvalue weighted by Gasteiger charge is 2.32. The molecule has 0 radical (unpaired) electrons. The number of aliphatic hydroxyl groups is 1. The molecule has 80 valence electrons. The van der Waals surface area contributed by atoms with E-state index >= 15 is 0 Å². The third-order valence-electron chi connectivity index (χ3n) is 1.86. The van der Waals surface area contributed by atoms with Crippen molar-refractivity contribution in [3.8, 4) is 0 Å². The first-order chi connectivity index (χ1) is 6.29. The van der Waals surface area contributed by atoms with Gasteiger partial charge in [0.25, 0.3) is 0 Å². The van der Waals surface area contributed by atoms with Crippen LogP contribution in [0.3, 0.4) is 0 Å². The Bertz CT molecular complexity index is 316. The highest BCUT2D eigenvalue weighted by atomic mass is 32.1. The predicted octanol–water partition coefficient (Wildman–Crippen LogP) is 3.35. The third-order valence-corrected chi connectivity index (χ3v) is 2.84. The minimum atomic E-state index is -4.32. The van der Waals surface area contributed by atoms with Gasteiger partial charge in [0.2, 0.25) is 0 Å². The summed E-state index contributed by atoms with van der Waals surface area (Å²) >= 11 is 1.40. The number of thiophene rings is 1. The van der Waals surface area contributed by atoms with Crippen molar-refractivity contribution in [1.82, 2.24) is 0 Å². The predicted molar refractivity (Wildman–Crippen MR) is 49.4 cm³/mol. The van der Waals surface area contributed by atoms with Crippen molar-refractivity contribution in [3.05, 3.63) is 21.4 Å². The van der Waals surface area contributed by atoms with Gasteiger partial charge in [-0.2, -0.15) is 13.2 Å². The van der Waals surface area contributed by atoms with Crippen molar-refractivity contribution in [2.75, 3.05) is 0 Å². The van der Waals surface area contributed by atoms with Crippen LogP contribution < -0.4 is 0 Å². The number of hydrogen-bond acceptors (Lipinski definition) is 2. The second-order valence-electron chi connectivity index (χ2n) is 3.20. The van der Waals surface area contributed by atoms with Gasteiger partial charge in [-0.25, -0.2) is 0 Å². The molecule has 0 aliphatic rings. The molecule has 1 aromatic rings. The van der Waals surface area contributed by atoms with Crippen LogP contribution in [0.5, 0.6) is 0 Å². The molecule has 0 aromatic carbocycles. The van der Waals surface area contributed by atoms with Gasteiger partial charge in [-0.3, -0.25) is 0 Å². The molecule has 1 rings (SSSR count). The first-order valence-corrected chi connectivity index (χ1v) is 4.93. The summed E-state index contributed by atoms with van der Waals surface area (Å²) in [5.74, 6) is 0. The van der Waals surface area contributed by atoms with Crippen LogP contribution in [0.2, 0.25) is 0 Å². The van der Waals surface area contributed by atoms with E-state index in [1.807, 2.05) is 6.92 Å². The van der Waals surface area contributed by atoms with Gasteiger partial charge in [0, 0.05) is 9.75 Å². The van der Waals surface area contributed by atoms with Gasteiger partial charge < -0.3 is 5.11 Å². The summed E-state index contributed by atoms with van der Waals surface area (Å²) in [5.41, 5.74) is 0.393. The summed E-state index contributed by atoms with van der Waals surface area (Å²) in [6.45, 7) is 3.52. The normalized spacial score (nSPS) is 14.4.